The number of hydrazone groups is 1. The lowest BCUT2D eigenvalue weighted by molar-refractivity contribution is 0.0950. The third-order valence-corrected chi connectivity index (χ3v) is 3.95. The molecule has 0 fully saturated rings. The SMILES string of the molecule is C#CCOc1ccc(/C=N/NC(=O)c2ccccc2OCc2ccccc2)cc1. The van der Waals surface area contributed by atoms with E-state index in [1.807, 2.05) is 48.5 Å². The van der Waals surface area contributed by atoms with Crippen LogP contribution in [0.3, 0.4) is 0 Å². The van der Waals surface area contributed by atoms with E-state index in [4.69, 9.17) is 15.9 Å². The fraction of sp³-hybridized carbons (Fsp3) is 0.0833. The summed E-state index contributed by atoms with van der Waals surface area (Å²) in [5.74, 6) is 3.24. The Morgan fingerprint density at radius 2 is 1.69 bits per heavy atom. The summed E-state index contributed by atoms with van der Waals surface area (Å²) in [7, 11) is 0. The molecule has 0 aliphatic rings. The summed E-state index contributed by atoms with van der Waals surface area (Å²) in [6, 6.07) is 24.0. The maximum Gasteiger partial charge on any atom is 0.275 e. The fourth-order valence-corrected chi connectivity index (χ4v) is 2.52. The molecule has 1 N–H and O–H groups in total. The number of amides is 1. The van der Waals surface area contributed by atoms with Crippen molar-refractivity contribution in [2.45, 2.75) is 6.61 Å². The lowest BCUT2D eigenvalue weighted by Crippen LogP contribution is -2.18. The van der Waals surface area contributed by atoms with Gasteiger partial charge < -0.3 is 9.47 Å². The second-order valence-electron chi connectivity index (χ2n) is 6.03. The van der Waals surface area contributed by atoms with Crippen LogP contribution in [0.25, 0.3) is 0 Å². The van der Waals surface area contributed by atoms with Crippen molar-refractivity contribution in [1.29, 1.82) is 0 Å². The average Bonchev–Trinajstić information content (AvgIpc) is 2.78. The van der Waals surface area contributed by atoms with Crippen molar-refractivity contribution in [2.75, 3.05) is 6.61 Å². The predicted octanol–water partition coefficient (Wildman–Crippen LogP) is 4.04. The zero-order valence-corrected chi connectivity index (χ0v) is 15.7. The fourth-order valence-electron chi connectivity index (χ4n) is 2.52. The quantitative estimate of drug-likeness (QED) is 0.362. The van der Waals surface area contributed by atoms with Gasteiger partial charge in [-0.25, -0.2) is 5.43 Å². The Balaban J connectivity index is 1.59. The van der Waals surface area contributed by atoms with Gasteiger partial charge in [0.05, 0.1) is 11.8 Å². The summed E-state index contributed by atoms with van der Waals surface area (Å²) in [6.45, 7) is 0.595. The molecule has 0 atom stereocenters. The summed E-state index contributed by atoms with van der Waals surface area (Å²) >= 11 is 0. The van der Waals surface area contributed by atoms with E-state index in [1.165, 1.54) is 0 Å². The van der Waals surface area contributed by atoms with Crippen LogP contribution >= 0.6 is 0 Å². The van der Waals surface area contributed by atoms with Gasteiger partial charge >= 0.3 is 0 Å². The van der Waals surface area contributed by atoms with Crippen molar-refractivity contribution in [3.8, 4) is 23.8 Å². The van der Waals surface area contributed by atoms with Crippen LogP contribution in [-0.4, -0.2) is 18.7 Å². The van der Waals surface area contributed by atoms with Gasteiger partial charge in [0, 0.05) is 0 Å². The minimum atomic E-state index is -0.348. The first kappa shape index (κ1) is 19.7. The van der Waals surface area contributed by atoms with Gasteiger partial charge in [-0.1, -0.05) is 48.4 Å². The summed E-state index contributed by atoms with van der Waals surface area (Å²) in [4.78, 5) is 12.5. The van der Waals surface area contributed by atoms with Crippen molar-refractivity contribution < 1.29 is 14.3 Å². The van der Waals surface area contributed by atoms with E-state index in [9.17, 15) is 4.79 Å². The smallest absolute Gasteiger partial charge is 0.275 e. The number of rotatable bonds is 8. The molecule has 0 unspecified atom stereocenters. The van der Waals surface area contributed by atoms with E-state index in [0.29, 0.717) is 23.7 Å². The molecule has 0 bridgehead atoms. The number of nitrogens with zero attached hydrogens (tertiary/aromatic N) is 1. The predicted molar refractivity (Wildman–Crippen MR) is 113 cm³/mol. The number of para-hydroxylation sites is 1. The Morgan fingerprint density at radius 3 is 2.45 bits per heavy atom. The van der Waals surface area contributed by atoms with Gasteiger partial charge in [-0.05, 0) is 47.5 Å². The van der Waals surface area contributed by atoms with Crippen LogP contribution < -0.4 is 14.9 Å². The average molecular weight is 384 g/mol. The summed E-state index contributed by atoms with van der Waals surface area (Å²) in [5.41, 5.74) is 4.78. The second kappa shape index (κ2) is 10.3. The third kappa shape index (κ3) is 5.98. The Labute approximate surface area is 170 Å². The number of nitrogens with one attached hydrogen (secondary N) is 1. The molecule has 0 aliphatic carbocycles. The first-order valence-electron chi connectivity index (χ1n) is 9.02. The van der Waals surface area contributed by atoms with Gasteiger partial charge in [-0.3, -0.25) is 4.79 Å². The molecular formula is C24H20N2O3. The maximum absolute atomic E-state index is 12.5. The molecule has 0 saturated carbocycles. The molecule has 0 radical (unpaired) electrons. The lowest BCUT2D eigenvalue weighted by Gasteiger charge is -2.10. The van der Waals surface area contributed by atoms with E-state index >= 15 is 0 Å². The van der Waals surface area contributed by atoms with Crippen LogP contribution in [0.15, 0.2) is 84.0 Å². The molecule has 3 aromatic carbocycles. The number of ether oxygens (including phenoxy) is 2. The number of hydrogen-bond acceptors (Lipinski definition) is 4. The van der Waals surface area contributed by atoms with E-state index in [0.717, 1.165) is 11.1 Å². The standard InChI is InChI=1S/C24H20N2O3/c1-2-16-28-21-14-12-19(13-15-21)17-25-26-24(27)22-10-6-7-11-23(22)29-18-20-8-4-3-5-9-20/h1,3-15,17H,16,18H2,(H,26,27)/b25-17+. The van der Waals surface area contributed by atoms with Crippen LogP contribution in [0.4, 0.5) is 0 Å². The Morgan fingerprint density at radius 1 is 0.966 bits per heavy atom. The van der Waals surface area contributed by atoms with Gasteiger partial charge in [-0.15, -0.1) is 6.42 Å². The van der Waals surface area contributed by atoms with Crippen LogP contribution in [0, 0.1) is 12.3 Å². The molecule has 0 heterocycles. The van der Waals surface area contributed by atoms with E-state index in [-0.39, 0.29) is 12.5 Å². The Bertz CT molecular complexity index is 1010. The molecule has 5 nitrogen and oxygen atoms in total. The van der Waals surface area contributed by atoms with Gasteiger partial charge in [0.2, 0.25) is 0 Å². The third-order valence-electron chi connectivity index (χ3n) is 3.95. The first-order valence-corrected chi connectivity index (χ1v) is 9.02. The largest absolute Gasteiger partial charge is 0.488 e. The summed E-state index contributed by atoms with van der Waals surface area (Å²) in [5, 5.41) is 4.02. The first-order chi connectivity index (χ1) is 14.3. The van der Waals surface area contributed by atoms with E-state index in [1.54, 1.807) is 36.5 Å². The monoisotopic (exact) mass is 384 g/mol. The van der Waals surface area contributed by atoms with Gasteiger partial charge in [0.15, 0.2) is 0 Å². The highest BCUT2D eigenvalue weighted by Crippen LogP contribution is 2.19. The van der Waals surface area contributed by atoms with E-state index < -0.39 is 0 Å². The summed E-state index contributed by atoms with van der Waals surface area (Å²) < 4.78 is 11.1. The van der Waals surface area contributed by atoms with Crippen molar-refractivity contribution in [1.82, 2.24) is 5.43 Å². The topological polar surface area (TPSA) is 59.9 Å². The molecule has 29 heavy (non-hydrogen) atoms. The molecule has 0 aromatic heterocycles. The van der Waals surface area contributed by atoms with Crippen LogP contribution in [-0.2, 0) is 6.61 Å². The minimum Gasteiger partial charge on any atom is -0.488 e. The molecule has 0 saturated heterocycles. The zero-order valence-electron chi connectivity index (χ0n) is 15.7. The molecule has 0 aliphatic heterocycles. The van der Waals surface area contributed by atoms with Gasteiger partial charge in [0.1, 0.15) is 24.7 Å². The van der Waals surface area contributed by atoms with Gasteiger partial charge in [0.25, 0.3) is 5.91 Å². The Kier molecular flexibility index (Phi) is 7.03. The highest BCUT2D eigenvalue weighted by Gasteiger charge is 2.11. The molecule has 1 amide bonds. The van der Waals surface area contributed by atoms with Crippen LogP contribution in [0.2, 0.25) is 0 Å². The maximum atomic E-state index is 12.5. The number of carbonyl (C=O) groups is 1. The molecule has 3 rings (SSSR count). The minimum absolute atomic E-state index is 0.218. The molecule has 5 heteroatoms. The Hall–Kier alpha value is -4.04. The zero-order chi connectivity index (χ0) is 20.3. The van der Waals surface area contributed by atoms with Gasteiger partial charge in [-0.2, -0.15) is 5.10 Å². The molecular weight excluding hydrogens is 364 g/mol. The molecule has 144 valence electrons. The number of benzene rings is 3. The van der Waals surface area contributed by atoms with Crippen molar-refractivity contribution >= 4 is 12.1 Å². The summed E-state index contributed by atoms with van der Waals surface area (Å²) in [6.07, 6.45) is 6.71. The number of carbonyl (C=O) groups excluding carboxylic acids is 1. The van der Waals surface area contributed by atoms with E-state index in [2.05, 4.69) is 16.4 Å². The van der Waals surface area contributed by atoms with Crippen LogP contribution in [0.1, 0.15) is 21.5 Å². The highest BCUT2D eigenvalue weighted by molar-refractivity contribution is 5.97. The second-order valence-corrected chi connectivity index (χ2v) is 6.03. The number of terminal acetylenes is 1. The van der Waals surface area contributed by atoms with Crippen molar-refractivity contribution in [3.05, 3.63) is 95.6 Å². The number of hydrogen-bond donors (Lipinski definition) is 1. The van der Waals surface area contributed by atoms with Crippen LogP contribution in [0.5, 0.6) is 11.5 Å². The normalized spacial score (nSPS) is 10.3. The van der Waals surface area contributed by atoms with Crippen molar-refractivity contribution in [3.63, 3.8) is 0 Å². The lowest BCUT2D eigenvalue weighted by atomic mass is 10.2. The molecule has 3 aromatic rings. The van der Waals surface area contributed by atoms with Crippen molar-refractivity contribution in [2.24, 2.45) is 5.10 Å². The highest BCUT2D eigenvalue weighted by atomic mass is 16.5. The molecule has 0 spiro atoms.